The summed E-state index contributed by atoms with van der Waals surface area (Å²) in [6, 6.07) is 6.59. The molecule has 2 fully saturated rings. The van der Waals surface area contributed by atoms with E-state index in [0.29, 0.717) is 65.4 Å². The number of aromatic nitrogens is 6. The van der Waals surface area contributed by atoms with E-state index >= 15 is 0 Å². The van der Waals surface area contributed by atoms with Gasteiger partial charge in [-0.2, -0.15) is 9.19 Å². The molecule has 4 heterocycles. The number of hydrogen-bond donors (Lipinski definition) is 2. The maximum atomic E-state index is 14.4. The summed E-state index contributed by atoms with van der Waals surface area (Å²) in [6.45, 7) is 2.91. The minimum atomic E-state index is -3.52. The van der Waals surface area contributed by atoms with Crippen LogP contribution in [0.1, 0.15) is 57.9 Å². The number of pyridine rings is 2. The van der Waals surface area contributed by atoms with Crippen LogP contribution in [0.3, 0.4) is 0 Å². The van der Waals surface area contributed by atoms with Crippen molar-refractivity contribution in [1.29, 1.82) is 0 Å². The lowest BCUT2D eigenvalue weighted by atomic mass is 9.92. The Balaban J connectivity index is 1.27. The van der Waals surface area contributed by atoms with Crippen LogP contribution in [0.15, 0.2) is 55.2 Å². The minimum Gasteiger partial charge on any atom is -0.382 e. The first-order valence-corrected chi connectivity index (χ1v) is 15.6. The summed E-state index contributed by atoms with van der Waals surface area (Å²) in [7, 11) is -3.52. The third kappa shape index (κ3) is 6.48. The van der Waals surface area contributed by atoms with Crippen molar-refractivity contribution in [3.8, 4) is 22.6 Å². The van der Waals surface area contributed by atoms with Crippen LogP contribution in [0.4, 0.5) is 30.5 Å². The van der Waals surface area contributed by atoms with Gasteiger partial charge in [-0.15, -0.1) is 0 Å². The Morgan fingerprint density at radius 3 is 2.42 bits per heavy atom. The Labute approximate surface area is 247 Å². The van der Waals surface area contributed by atoms with E-state index in [-0.39, 0.29) is 24.7 Å². The predicted octanol–water partition coefficient (Wildman–Crippen LogP) is 6.08. The molecule has 6 rings (SSSR count). The van der Waals surface area contributed by atoms with Gasteiger partial charge in [-0.05, 0) is 51.7 Å². The first kappa shape index (κ1) is 29.0. The van der Waals surface area contributed by atoms with Crippen molar-refractivity contribution in [2.75, 3.05) is 10.6 Å². The standard InChI is InChI=1S/C29H31F3N8O2S/c1-28(2,30)19-3-6-23(34-15-19)22-16-35-26(13-24(22)37-20-7-10-29(31,32)11-8-20)38-25-9-12-33-27(39-25)18-14-36-40(17-18)43(41,42)21-4-5-21/h3,6,9,12-17,20-21H,4-5,7-8,10-11H2,1-2H3,(H2,33,35,37,38,39). The van der Waals surface area contributed by atoms with E-state index < -0.39 is 26.9 Å². The monoisotopic (exact) mass is 612 g/mol. The molecule has 4 aromatic rings. The highest BCUT2D eigenvalue weighted by Gasteiger charge is 2.38. The van der Waals surface area contributed by atoms with Gasteiger partial charge in [0.25, 0.3) is 10.0 Å². The molecule has 43 heavy (non-hydrogen) atoms. The van der Waals surface area contributed by atoms with Gasteiger partial charge in [0.15, 0.2) is 5.82 Å². The largest absolute Gasteiger partial charge is 0.382 e. The summed E-state index contributed by atoms with van der Waals surface area (Å²) < 4.78 is 68.1. The summed E-state index contributed by atoms with van der Waals surface area (Å²) in [5, 5.41) is 10.1. The van der Waals surface area contributed by atoms with E-state index in [2.05, 4.69) is 35.7 Å². The molecule has 0 atom stereocenters. The molecule has 0 aliphatic heterocycles. The molecule has 14 heteroatoms. The molecule has 0 radical (unpaired) electrons. The molecule has 0 aromatic carbocycles. The number of nitrogens with one attached hydrogen (secondary N) is 2. The second kappa shape index (κ2) is 10.9. The zero-order chi connectivity index (χ0) is 30.4. The normalized spacial score (nSPS) is 17.5. The quantitative estimate of drug-likeness (QED) is 0.231. The Hall–Kier alpha value is -4.07. The molecule has 4 aromatic heterocycles. The van der Waals surface area contributed by atoms with E-state index in [4.69, 9.17) is 0 Å². The average Bonchev–Trinajstić information content (AvgIpc) is 3.71. The van der Waals surface area contributed by atoms with Crippen LogP contribution in [-0.4, -0.2) is 54.8 Å². The van der Waals surface area contributed by atoms with Crippen molar-refractivity contribution < 1.29 is 21.6 Å². The molecule has 0 amide bonds. The summed E-state index contributed by atoms with van der Waals surface area (Å²) in [6.07, 6.45) is 8.90. The number of nitrogens with zero attached hydrogens (tertiary/aromatic N) is 6. The van der Waals surface area contributed by atoms with Gasteiger partial charge in [0, 0.05) is 60.4 Å². The lowest BCUT2D eigenvalue weighted by Gasteiger charge is -2.30. The Bertz CT molecular complexity index is 1730. The van der Waals surface area contributed by atoms with Gasteiger partial charge in [0.1, 0.15) is 17.3 Å². The van der Waals surface area contributed by atoms with E-state index in [1.165, 1.54) is 38.6 Å². The number of hydrogen-bond acceptors (Lipinski definition) is 9. The predicted molar refractivity (Wildman–Crippen MR) is 156 cm³/mol. The van der Waals surface area contributed by atoms with Crippen LogP contribution in [0.5, 0.6) is 0 Å². The summed E-state index contributed by atoms with van der Waals surface area (Å²) in [4.78, 5) is 17.7. The van der Waals surface area contributed by atoms with Gasteiger partial charge in [0.2, 0.25) is 5.92 Å². The first-order chi connectivity index (χ1) is 20.4. The average molecular weight is 613 g/mol. The van der Waals surface area contributed by atoms with Crippen LogP contribution in [0, 0.1) is 0 Å². The minimum absolute atomic E-state index is 0.174. The van der Waals surface area contributed by atoms with Crippen molar-refractivity contribution in [1.82, 2.24) is 29.1 Å². The number of alkyl halides is 3. The van der Waals surface area contributed by atoms with Crippen LogP contribution in [0.25, 0.3) is 22.6 Å². The summed E-state index contributed by atoms with van der Waals surface area (Å²) in [5.74, 6) is -1.56. The van der Waals surface area contributed by atoms with Crippen molar-refractivity contribution in [2.24, 2.45) is 0 Å². The molecular weight excluding hydrogens is 581 g/mol. The maximum absolute atomic E-state index is 14.4. The molecule has 2 saturated carbocycles. The smallest absolute Gasteiger partial charge is 0.256 e. The fourth-order valence-corrected chi connectivity index (χ4v) is 6.41. The Morgan fingerprint density at radius 1 is 0.977 bits per heavy atom. The molecule has 10 nitrogen and oxygen atoms in total. The highest BCUT2D eigenvalue weighted by Crippen LogP contribution is 2.37. The lowest BCUT2D eigenvalue weighted by molar-refractivity contribution is -0.0360. The SMILES string of the molecule is CC(C)(F)c1ccc(-c2cnc(Nc3ccnc(-c4cnn(S(=O)(=O)C5CC5)c4)n3)cc2NC2CCC(F)(F)CC2)nc1. The van der Waals surface area contributed by atoms with Gasteiger partial charge in [0.05, 0.1) is 28.9 Å². The Kier molecular flexibility index (Phi) is 7.35. The first-order valence-electron chi connectivity index (χ1n) is 14.1. The summed E-state index contributed by atoms with van der Waals surface area (Å²) >= 11 is 0. The van der Waals surface area contributed by atoms with Crippen LogP contribution >= 0.6 is 0 Å². The highest BCUT2D eigenvalue weighted by molar-refractivity contribution is 7.90. The molecule has 2 aliphatic carbocycles. The number of halogens is 3. The fourth-order valence-electron chi connectivity index (χ4n) is 4.93. The van der Waals surface area contributed by atoms with Crippen LogP contribution < -0.4 is 10.6 Å². The molecule has 0 spiro atoms. The number of rotatable bonds is 9. The number of anilines is 3. The molecule has 0 saturated heterocycles. The third-order valence-corrected chi connectivity index (χ3v) is 9.68. The molecule has 226 valence electrons. The Morgan fingerprint density at radius 2 is 1.74 bits per heavy atom. The molecule has 2 aliphatic rings. The van der Waals surface area contributed by atoms with Crippen molar-refractivity contribution in [3.63, 3.8) is 0 Å². The van der Waals surface area contributed by atoms with Crippen LogP contribution in [-0.2, 0) is 15.7 Å². The molecule has 2 N–H and O–H groups in total. The van der Waals surface area contributed by atoms with Crippen molar-refractivity contribution >= 4 is 27.3 Å². The molecule has 0 bridgehead atoms. The molecule has 0 unspecified atom stereocenters. The highest BCUT2D eigenvalue weighted by atomic mass is 32.2. The van der Waals surface area contributed by atoms with Crippen molar-refractivity contribution in [3.05, 3.63) is 60.8 Å². The van der Waals surface area contributed by atoms with E-state index in [1.54, 1.807) is 30.5 Å². The van der Waals surface area contributed by atoms with Gasteiger partial charge >= 0.3 is 0 Å². The van der Waals surface area contributed by atoms with E-state index in [9.17, 15) is 21.6 Å². The van der Waals surface area contributed by atoms with Crippen LogP contribution in [0.2, 0.25) is 0 Å². The second-order valence-corrected chi connectivity index (χ2v) is 13.6. The molecular formula is C29H31F3N8O2S. The van der Waals surface area contributed by atoms with Gasteiger partial charge < -0.3 is 10.6 Å². The van der Waals surface area contributed by atoms with Gasteiger partial charge in [-0.1, -0.05) is 6.07 Å². The lowest BCUT2D eigenvalue weighted by Crippen LogP contribution is -2.32. The summed E-state index contributed by atoms with van der Waals surface area (Å²) in [5.41, 5.74) is 1.15. The zero-order valence-corrected chi connectivity index (χ0v) is 24.5. The van der Waals surface area contributed by atoms with E-state index in [0.717, 1.165) is 4.09 Å². The van der Waals surface area contributed by atoms with E-state index in [1.807, 2.05) is 0 Å². The fraction of sp³-hybridized carbons (Fsp3) is 0.414. The van der Waals surface area contributed by atoms with Gasteiger partial charge in [-0.25, -0.2) is 36.5 Å². The zero-order valence-electron chi connectivity index (χ0n) is 23.6. The topological polar surface area (TPSA) is 128 Å². The third-order valence-electron chi connectivity index (χ3n) is 7.64. The second-order valence-electron chi connectivity index (χ2n) is 11.5. The maximum Gasteiger partial charge on any atom is 0.256 e. The van der Waals surface area contributed by atoms with Crippen molar-refractivity contribution in [2.45, 2.75) is 75.3 Å². The van der Waals surface area contributed by atoms with Gasteiger partial charge in [-0.3, -0.25) is 4.98 Å².